The number of sulfonamides is 1. The average molecular weight is 334 g/mol. The van der Waals surface area contributed by atoms with E-state index in [4.69, 9.17) is 22.1 Å². The highest BCUT2D eigenvalue weighted by Gasteiger charge is 2.23. The van der Waals surface area contributed by atoms with Gasteiger partial charge in [0.15, 0.2) is 0 Å². The first-order valence-electron chi connectivity index (χ1n) is 6.81. The molecule has 1 heterocycles. The third-order valence-electron chi connectivity index (χ3n) is 3.42. The molecule has 1 saturated heterocycles. The summed E-state index contributed by atoms with van der Waals surface area (Å²) in [6.45, 7) is 5.40. The number of anilines is 1. The Morgan fingerprint density at radius 3 is 3.00 bits per heavy atom. The average Bonchev–Trinajstić information content (AvgIpc) is 2.48. The normalized spacial score (nSPS) is 20.6. The Balaban J connectivity index is 2.03. The van der Waals surface area contributed by atoms with E-state index in [2.05, 4.69) is 16.5 Å². The zero-order valence-corrected chi connectivity index (χ0v) is 13.5. The smallest absolute Gasteiger partial charge is 0.242 e. The molecule has 0 radical (unpaired) electrons. The minimum Gasteiger partial charge on any atom is -0.399 e. The topological polar surface area (TPSA) is 84.7 Å². The van der Waals surface area contributed by atoms with Crippen LogP contribution in [0.5, 0.6) is 0 Å². The summed E-state index contributed by atoms with van der Waals surface area (Å²) in [5, 5.41) is 0.149. The predicted molar refractivity (Wildman–Crippen MR) is 82.9 cm³/mol. The van der Waals surface area contributed by atoms with Crippen LogP contribution in [0.15, 0.2) is 23.1 Å². The Morgan fingerprint density at radius 1 is 1.52 bits per heavy atom. The van der Waals surface area contributed by atoms with Crippen LogP contribution in [0.3, 0.4) is 0 Å². The van der Waals surface area contributed by atoms with Crippen molar-refractivity contribution in [3.8, 4) is 0 Å². The molecule has 1 aliphatic rings. The number of hydrogen-bond donors (Lipinski definition) is 2. The van der Waals surface area contributed by atoms with Crippen molar-refractivity contribution in [2.24, 2.45) is 0 Å². The van der Waals surface area contributed by atoms with Gasteiger partial charge in [0.2, 0.25) is 10.0 Å². The van der Waals surface area contributed by atoms with E-state index in [1.807, 2.05) is 0 Å². The number of benzene rings is 1. The Bertz CT molecular complexity index is 594. The number of hydrogen-bond acceptors (Lipinski definition) is 5. The van der Waals surface area contributed by atoms with E-state index in [0.717, 1.165) is 13.1 Å². The lowest BCUT2D eigenvalue weighted by atomic mass is 10.3. The molecule has 0 aromatic heterocycles. The van der Waals surface area contributed by atoms with Gasteiger partial charge in [-0.25, -0.2) is 13.1 Å². The quantitative estimate of drug-likeness (QED) is 0.783. The fraction of sp³-hybridized carbons (Fsp3) is 0.538. The standard InChI is InChI=1S/C13H20ClN3O3S/c1-2-17-5-6-20-11(9-17)8-16-21(18,19)13-7-10(15)3-4-12(13)14/h3-4,7,11,16H,2,5-6,8-9,15H2,1H3. The summed E-state index contributed by atoms with van der Waals surface area (Å²) in [6, 6.07) is 4.39. The van der Waals surface area contributed by atoms with Crippen LogP contribution in [-0.4, -0.2) is 52.2 Å². The van der Waals surface area contributed by atoms with E-state index < -0.39 is 10.0 Å². The molecule has 0 saturated carbocycles. The highest BCUT2D eigenvalue weighted by Crippen LogP contribution is 2.23. The minimum absolute atomic E-state index is 0.00711. The maximum atomic E-state index is 12.3. The maximum Gasteiger partial charge on any atom is 0.242 e. The lowest BCUT2D eigenvalue weighted by molar-refractivity contribution is -0.0229. The van der Waals surface area contributed by atoms with Crippen LogP contribution >= 0.6 is 11.6 Å². The molecule has 1 fully saturated rings. The van der Waals surface area contributed by atoms with E-state index in [-0.39, 0.29) is 22.6 Å². The van der Waals surface area contributed by atoms with Crippen LogP contribution in [0.4, 0.5) is 5.69 Å². The first kappa shape index (κ1) is 16.5. The van der Waals surface area contributed by atoms with Gasteiger partial charge >= 0.3 is 0 Å². The SMILES string of the molecule is CCN1CCOC(CNS(=O)(=O)c2cc(N)ccc2Cl)C1. The van der Waals surface area contributed by atoms with E-state index >= 15 is 0 Å². The molecule has 8 heteroatoms. The number of ether oxygens (including phenoxy) is 1. The van der Waals surface area contributed by atoms with Crippen LogP contribution in [-0.2, 0) is 14.8 Å². The van der Waals surface area contributed by atoms with Gasteiger partial charge in [-0.1, -0.05) is 18.5 Å². The van der Waals surface area contributed by atoms with Gasteiger partial charge in [0.25, 0.3) is 0 Å². The van der Waals surface area contributed by atoms with E-state index in [9.17, 15) is 8.42 Å². The van der Waals surface area contributed by atoms with Crippen molar-refractivity contribution in [1.82, 2.24) is 9.62 Å². The van der Waals surface area contributed by atoms with Gasteiger partial charge in [0, 0.05) is 25.3 Å². The van der Waals surface area contributed by atoms with Gasteiger partial charge in [-0.15, -0.1) is 0 Å². The monoisotopic (exact) mass is 333 g/mol. The van der Waals surface area contributed by atoms with Crippen molar-refractivity contribution in [2.45, 2.75) is 17.9 Å². The van der Waals surface area contributed by atoms with Crippen LogP contribution in [0, 0.1) is 0 Å². The van der Waals surface area contributed by atoms with Crippen LogP contribution in [0.1, 0.15) is 6.92 Å². The van der Waals surface area contributed by atoms with Crippen LogP contribution < -0.4 is 10.5 Å². The Hall–Kier alpha value is -0.860. The molecule has 1 aliphatic heterocycles. The molecular formula is C13H20ClN3O3S. The lowest BCUT2D eigenvalue weighted by Crippen LogP contribution is -2.47. The summed E-state index contributed by atoms with van der Waals surface area (Å²) < 4.78 is 32.7. The number of likely N-dealkylation sites (N-methyl/N-ethyl adjacent to an activating group) is 1. The first-order chi connectivity index (χ1) is 9.92. The first-order valence-corrected chi connectivity index (χ1v) is 8.67. The highest BCUT2D eigenvalue weighted by atomic mass is 35.5. The van der Waals surface area contributed by atoms with Crippen molar-refractivity contribution in [1.29, 1.82) is 0 Å². The molecule has 21 heavy (non-hydrogen) atoms. The summed E-state index contributed by atoms with van der Waals surface area (Å²) in [6.07, 6.45) is -0.159. The molecule has 0 aliphatic carbocycles. The third-order valence-corrected chi connectivity index (χ3v) is 5.32. The second-order valence-corrected chi connectivity index (χ2v) is 7.07. The predicted octanol–water partition coefficient (Wildman–Crippen LogP) is 0.921. The molecule has 1 unspecified atom stereocenters. The second kappa shape index (κ2) is 6.93. The van der Waals surface area contributed by atoms with Crippen LogP contribution in [0.2, 0.25) is 5.02 Å². The molecule has 0 amide bonds. The third kappa shape index (κ3) is 4.31. The van der Waals surface area contributed by atoms with Gasteiger partial charge in [-0.3, -0.25) is 4.90 Å². The summed E-state index contributed by atoms with van der Waals surface area (Å²) in [5.74, 6) is 0. The number of morpholine rings is 1. The van der Waals surface area contributed by atoms with Crippen molar-refractivity contribution in [3.05, 3.63) is 23.2 Å². The minimum atomic E-state index is -3.70. The summed E-state index contributed by atoms with van der Waals surface area (Å²) in [5.41, 5.74) is 5.97. The Kier molecular flexibility index (Phi) is 5.45. The number of rotatable bonds is 5. The van der Waals surface area contributed by atoms with Crippen molar-refractivity contribution in [3.63, 3.8) is 0 Å². The molecule has 118 valence electrons. The van der Waals surface area contributed by atoms with Gasteiger partial charge in [0.05, 0.1) is 17.7 Å². The van der Waals surface area contributed by atoms with E-state index in [0.29, 0.717) is 18.8 Å². The maximum absolute atomic E-state index is 12.3. The molecule has 1 atom stereocenters. The fourth-order valence-electron chi connectivity index (χ4n) is 2.20. The fourth-order valence-corrected chi connectivity index (χ4v) is 3.80. The van der Waals surface area contributed by atoms with E-state index in [1.54, 1.807) is 6.07 Å². The number of nitrogens with zero attached hydrogens (tertiary/aromatic N) is 1. The molecular weight excluding hydrogens is 314 g/mol. The molecule has 3 N–H and O–H groups in total. The molecule has 0 spiro atoms. The van der Waals surface area contributed by atoms with Crippen molar-refractivity contribution >= 4 is 27.3 Å². The Morgan fingerprint density at radius 2 is 2.29 bits per heavy atom. The van der Waals surface area contributed by atoms with Crippen molar-refractivity contribution in [2.75, 3.05) is 38.5 Å². The summed E-state index contributed by atoms with van der Waals surface area (Å²) >= 11 is 5.93. The van der Waals surface area contributed by atoms with Gasteiger partial charge in [0.1, 0.15) is 4.90 Å². The highest BCUT2D eigenvalue weighted by molar-refractivity contribution is 7.89. The van der Waals surface area contributed by atoms with Gasteiger partial charge < -0.3 is 10.5 Å². The second-order valence-electron chi connectivity index (χ2n) is 4.93. The number of nitrogen functional groups attached to an aromatic ring is 1. The van der Waals surface area contributed by atoms with Gasteiger partial charge in [-0.2, -0.15) is 0 Å². The zero-order valence-electron chi connectivity index (χ0n) is 11.9. The molecule has 0 bridgehead atoms. The van der Waals surface area contributed by atoms with Crippen LogP contribution in [0.25, 0.3) is 0 Å². The molecule has 1 aromatic rings. The largest absolute Gasteiger partial charge is 0.399 e. The molecule has 2 rings (SSSR count). The van der Waals surface area contributed by atoms with Gasteiger partial charge in [-0.05, 0) is 24.7 Å². The number of nitrogens with one attached hydrogen (secondary N) is 1. The molecule has 6 nitrogen and oxygen atoms in total. The number of halogens is 1. The summed E-state index contributed by atoms with van der Waals surface area (Å²) in [7, 11) is -3.70. The summed E-state index contributed by atoms with van der Waals surface area (Å²) in [4.78, 5) is 2.21. The van der Waals surface area contributed by atoms with Crippen molar-refractivity contribution < 1.29 is 13.2 Å². The zero-order chi connectivity index (χ0) is 15.5. The Labute approximate surface area is 130 Å². The molecule has 1 aromatic carbocycles. The lowest BCUT2D eigenvalue weighted by Gasteiger charge is -2.32. The number of nitrogens with two attached hydrogens (primary N) is 1. The van der Waals surface area contributed by atoms with E-state index in [1.165, 1.54) is 12.1 Å².